The van der Waals surface area contributed by atoms with Crippen molar-refractivity contribution in [3.05, 3.63) is 101 Å². The minimum atomic E-state index is -0.353. The van der Waals surface area contributed by atoms with Crippen molar-refractivity contribution >= 4 is 23.2 Å². The number of hydrogen-bond acceptors (Lipinski definition) is 1. The Hall–Kier alpha value is -2.62. The van der Waals surface area contributed by atoms with Crippen molar-refractivity contribution in [1.29, 1.82) is 0 Å². The molecule has 1 atom stereocenters. The maximum atomic E-state index is 12.9. The van der Waals surface area contributed by atoms with Gasteiger partial charge < -0.3 is 10.6 Å². The number of aryl methyl sites for hydroxylation is 1. The second-order valence-electron chi connectivity index (χ2n) is 6.27. The fraction of sp³-hybridized carbons (Fsp3) is 0.136. The number of anilines is 1. The molecular weight excluding hydrogens is 344 g/mol. The largest absolute Gasteiger partial charge is 0.328 e. The van der Waals surface area contributed by atoms with Crippen LogP contribution in [0, 0.1) is 6.92 Å². The summed E-state index contributed by atoms with van der Waals surface area (Å²) in [5, 5.41) is 5.75. The van der Waals surface area contributed by atoms with Crippen LogP contribution in [0.25, 0.3) is 0 Å². The number of amides is 1. The summed E-state index contributed by atoms with van der Waals surface area (Å²) in [6.45, 7) is 2.65. The molecule has 3 rings (SSSR count). The molecule has 0 saturated carbocycles. The van der Waals surface area contributed by atoms with E-state index in [0.29, 0.717) is 6.54 Å². The van der Waals surface area contributed by atoms with E-state index in [0.717, 1.165) is 27.4 Å². The van der Waals surface area contributed by atoms with Crippen LogP contribution in [-0.2, 0) is 11.3 Å². The van der Waals surface area contributed by atoms with E-state index in [4.69, 9.17) is 11.6 Å². The first-order valence-corrected chi connectivity index (χ1v) is 9.00. The lowest BCUT2D eigenvalue weighted by molar-refractivity contribution is -0.697. The second-order valence-corrected chi connectivity index (χ2v) is 6.68. The van der Waals surface area contributed by atoms with Gasteiger partial charge in [-0.3, -0.25) is 4.79 Å². The normalized spacial score (nSPS) is 11.8. The van der Waals surface area contributed by atoms with Crippen LogP contribution in [0.15, 0.2) is 78.9 Å². The van der Waals surface area contributed by atoms with E-state index in [-0.39, 0.29) is 11.9 Å². The first-order valence-electron chi connectivity index (χ1n) is 8.62. The number of nitrogens with two attached hydrogens (primary N) is 1. The minimum Gasteiger partial charge on any atom is -0.328 e. The molecule has 0 bridgehead atoms. The zero-order chi connectivity index (χ0) is 18.4. The lowest BCUT2D eigenvalue weighted by Gasteiger charge is -2.16. The average Bonchev–Trinajstić information content (AvgIpc) is 2.66. The number of benzene rings is 3. The Labute approximate surface area is 159 Å². The molecule has 3 nitrogen and oxygen atoms in total. The third-order valence-corrected chi connectivity index (χ3v) is 4.66. The second kappa shape index (κ2) is 8.65. The van der Waals surface area contributed by atoms with E-state index >= 15 is 0 Å². The molecule has 3 N–H and O–H groups in total. The van der Waals surface area contributed by atoms with Gasteiger partial charge in [0.25, 0.3) is 5.91 Å². The third kappa shape index (κ3) is 4.72. The molecule has 0 heterocycles. The number of rotatable bonds is 6. The fourth-order valence-electron chi connectivity index (χ4n) is 2.82. The molecule has 0 saturated heterocycles. The van der Waals surface area contributed by atoms with Crippen molar-refractivity contribution < 1.29 is 10.1 Å². The maximum absolute atomic E-state index is 12.9. The highest BCUT2D eigenvalue weighted by Gasteiger charge is 2.24. The Morgan fingerprint density at radius 2 is 1.62 bits per heavy atom. The van der Waals surface area contributed by atoms with Gasteiger partial charge in [0.1, 0.15) is 6.54 Å². The summed E-state index contributed by atoms with van der Waals surface area (Å²) in [5.41, 5.74) is 3.93. The molecule has 0 aliphatic carbocycles. The smallest absolute Gasteiger partial charge is 0.287 e. The molecule has 0 aliphatic rings. The number of carbonyl (C=O) groups is 1. The van der Waals surface area contributed by atoms with Crippen LogP contribution in [0.4, 0.5) is 5.69 Å². The van der Waals surface area contributed by atoms with Crippen LogP contribution in [0.3, 0.4) is 0 Å². The third-order valence-electron chi connectivity index (χ3n) is 4.29. The van der Waals surface area contributed by atoms with Crippen molar-refractivity contribution in [2.45, 2.75) is 19.5 Å². The van der Waals surface area contributed by atoms with Gasteiger partial charge in [0, 0.05) is 21.8 Å². The Bertz CT molecular complexity index is 863. The van der Waals surface area contributed by atoms with E-state index in [1.54, 1.807) is 0 Å². The first-order chi connectivity index (χ1) is 12.6. The molecule has 132 valence electrons. The Morgan fingerprint density at radius 3 is 2.31 bits per heavy atom. The first kappa shape index (κ1) is 18.2. The highest BCUT2D eigenvalue weighted by Crippen LogP contribution is 2.16. The molecule has 1 amide bonds. The highest BCUT2D eigenvalue weighted by molar-refractivity contribution is 6.31. The van der Waals surface area contributed by atoms with Gasteiger partial charge in [0.2, 0.25) is 0 Å². The summed E-state index contributed by atoms with van der Waals surface area (Å²) in [6.07, 6.45) is 0. The zero-order valence-corrected chi connectivity index (χ0v) is 15.4. The van der Waals surface area contributed by atoms with Gasteiger partial charge in [-0.15, -0.1) is 0 Å². The number of nitrogens with one attached hydrogen (secondary N) is 1. The molecule has 0 aliphatic heterocycles. The van der Waals surface area contributed by atoms with Gasteiger partial charge in [0.15, 0.2) is 6.04 Å². The average molecular weight is 366 g/mol. The quantitative estimate of drug-likeness (QED) is 0.679. The molecule has 0 aromatic heterocycles. The number of hydrogen-bond donors (Lipinski definition) is 2. The molecule has 0 spiro atoms. The topological polar surface area (TPSA) is 45.7 Å². The van der Waals surface area contributed by atoms with Crippen LogP contribution < -0.4 is 10.6 Å². The summed E-state index contributed by atoms with van der Waals surface area (Å²) in [4.78, 5) is 12.9. The summed E-state index contributed by atoms with van der Waals surface area (Å²) in [6, 6.07) is 25.0. The molecule has 3 aromatic carbocycles. The fourth-order valence-corrected chi connectivity index (χ4v) is 3.03. The molecule has 3 aromatic rings. The van der Waals surface area contributed by atoms with Crippen LogP contribution in [0.1, 0.15) is 22.7 Å². The van der Waals surface area contributed by atoms with Crippen molar-refractivity contribution in [2.24, 2.45) is 0 Å². The summed E-state index contributed by atoms with van der Waals surface area (Å²) >= 11 is 6.26. The van der Waals surface area contributed by atoms with Crippen LogP contribution in [0.2, 0.25) is 5.02 Å². The lowest BCUT2D eigenvalue weighted by Crippen LogP contribution is -2.85. The van der Waals surface area contributed by atoms with E-state index < -0.39 is 0 Å². The molecule has 0 radical (unpaired) electrons. The summed E-state index contributed by atoms with van der Waals surface area (Å²) in [7, 11) is 0. The Kier molecular flexibility index (Phi) is 6.05. The van der Waals surface area contributed by atoms with Gasteiger partial charge in [-0.2, -0.15) is 0 Å². The van der Waals surface area contributed by atoms with Crippen molar-refractivity contribution in [2.75, 3.05) is 5.32 Å². The molecule has 0 fully saturated rings. The number of halogens is 1. The lowest BCUT2D eigenvalue weighted by atomic mass is 10.1. The monoisotopic (exact) mass is 365 g/mol. The number of carbonyl (C=O) groups excluding carboxylic acids is 1. The zero-order valence-electron chi connectivity index (χ0n) is 14.7. The molecule has 0 unspecified atom stereocenters. The van der Waals surface area contributed by atoms with Crippen molar-refractivity contribution in [3.8, 4) is 0 Å². The van der Waals surface area contributed by atoms with Gasteiger partial charge in [0.05, 0.1) is 0 Å². The minimum absolute atomic E-state index is 0.0490. The maximum Gasteiger partial charge on any atom is 0.287 e. The van der Waals surface area contributed by atoms with Gasteiger partial charge in [-0.25, -0.2) is 0 Å². The Morgan fingerprint density at radius 1 is 0.962 bits per heavy atom. The van der Waals surface area contributed by atoms with E-state index in [1.807, 2.05) is 91.1 Å². The van der Waals surface area contributed by atoms with Crippen LogP contribution >= 0.6 is 11.6 Å². The molecule has 26 heavy (non-hydrogen) atoms. The standard InChI is InChI=1S/C22H21ClN2O/c1-16-11-13-19(14-12-16)25-22(26)21(17-7-3-2-4-8-17)24-15-18-9-5-6-10-20(18)23/h2-14,21,24H,15H2,1H3,(H,25,26)/p+1/t21-/m1/s1. The van der Waals surface area contributed by atoms with Crippen LogP contribution in [-0.4, -0.2) is 5.91 Å². The number of quaternary nitrogens is 1. The van der Waals surface area contributed by atoms with Gasteiger partial charge >= 0.3 is 0 Å². The predicted molar refractivity (Wildman–Crippen MR) is 106 cm³/mol. The Balaban J connectivity index is 1.78. The van der Waals surface area contributed by atoms with Crippen molar-refractivity contribution in [1.82, 2.24) is 0 Å². The van der Waals surface area contributed by atoms with E-state index in [9.17, 15) is 4.79 Å². The summed E-state index contributed by atoms with van der Waals surface area (Å²) < 4.78 is 0. The van der Waals surface area contributed by atoms with Gasteiger partial charge in [-0.1, -0.05) is 77.8 Å². The highest BCUT2D eigenvalue weighted by atomic mass is 35.5. The van der Waals surface area contributed by atoms with E-state index in [1.165, 1.54) is 0 Å². The van der Waals surface area contributed by atoms with E-state index in [2.05, 4.69) is 5.32 Å². The SMILES string of the molecule is Cc1ccc(NC(=O)[C@H]([NH2+]Cc2ccccc2Cl)c2ccccc2)cc1. The summed E-state index contributed by atoms with van der Waals surface area (Å²) in [5.74, 6) is -0.0490. The van der Waals surface area contributed by atoms with Crippen molar-refractivity contribution in [3.63, 3.8) is 0 Å². The van der Waals surface area contributed by atoms with Gasteiger partial charge in [-0.05, 0) is 25.1 Å². The predicted octanol–water partition coefficient (Wildman–Crippen LogP) is 4.09. The molecule has 4 heteroatoms. The molecular formula is C22H22ClN2O+. The van der Waals surface area contributed by atoms with Crippen LogP contribution in [0.5, 0.6) is 0 Å².